The SMILES string of the molecule is CCCCc1ccccc1.O=CCl. The second kappa shape index (κ2) is 9.27. The smallest absolute Gasteiger partial charge is 0.208 e. The highest BCUT2D eigenvalue weighted by molar-refractivity contribution is 6.54. The Hall–Kier alpha value is -0.820. The summed E-state index contributed by atoms with van der Waals surface area (Å²) in [6, 6.07) is 10.6. The van der Waals surface area contributed by atoms with Crippen LogP contribution in [0.3, 0.4) is 0 Å². The molecule has 0 atom stereocenters. The second-order valence-corrected chi connectivity index (χ2v) is 2.86. The maximum Gasteiger partial charge on any atom is 0.208 e. The molecule has 72 valence electrons. The first kappa shape index (κ1) is 12.2. The zero-order valence-corrected chi connectivity index (χ0v) is 8.63. The van der Waals surface area contributed by atoms with Crippen LogP contribution in [-0.2, 0) is 11.2 Å². The molecule has 0 saturated heterocycles. The lowest BCUT2D eigenvalue weighted by Gasteiger charge is -1.96. The van der Waals surface area contributed by atoms with Gasteiger partial charge in [0.2, 0.25) is 5.75 Å². The predicted octanol–water partition coefficient (Wildman–Crippen LogP) is 3.44. The van der Waals surface area contributed by atoms with Gasteiger partial charge in [-0.15, -0.1) is 0 Å². The van der Waals surface area contributed by atoms with Crippen molar-refractivity contribution in [2.45, 2.75) is 26.2 Å². The largest absolute Gasteiger partial charge is 0.285 e. The van der Waals surface area contributed by atoms with Gasteiger partial charge in [-0.1, -0.05) is 43.7 Å². The lowest BCUT2D eigenvalue weighted by molar-refractivity contribution is 0.569. The van der Waals surface area contributed by atoms with Gasteiger partial charge in [-0.3, -0.25) is 4.79 Å². The van der Waals surface area contributed by atoms with E-state index in [1.165, 1.54) is 24.8 Å². The van der Waals surface area contributed by atoms with E-state index in [-0.39, 0.29) is 5.75 Å². The summed E-state index contributed by atoms with van der Waals surface area (Å²) >= 11 is 4.32. The minimum Gasteiger partial charge on any atom is -0.285 e. The number of carbonyl (C=O) groups excluding carboxylic acids is 1. The van der Waals surface area contributed by atoms with E-state index in [4.69, 9.17) is 4.79 Å². The van der Waals surface area contributed by atoms with Crippen molar-refractivity contribution in [3.8, 4) is 0 Å². The van der Waals surface area contributed by atoms with Crippen molar-refractivity contribution < 1.29 is 4.79 Å². The van der Waals surface area contributed by atoms with Gasteiger partial charge in [0.05, 0.1) is 0 Å². The molecule has 1 rings (SSSR count). The van der Waals surface area contributed by atoms with Gasteiger partial charge in [-0.2, -0.15) is 0 Å². The highest BCUT2D eigenvalue weighted by Gasteiger charge is 1.87. The van der Waals surface area contributed by atoms with E-state index in [1.54, 1.807) is 0 Å². The van der Waals surface area contributed by atoms with Gasteiger partial charge < -0.3 is 0 Å². The average molecular weight is 199 g/mol. The fourth-order valence-corrected chi connectivity index (χ4v) is 1.03. The van der Waals surface area contributed by atoms with Gasteiger partial charge in [-0.25, -0.2) is 0 Å². The van der Waals surface area contributed by atoms with Crippen molar-refractivity contribution in [3.63, 3.8) is 0 Å². The maximum atomic E-state index is 8.57. The topological polar surface area (TPSA) is 17.1 Å². The number of aryl methyl sites for hydroxylation is 1. The molecule has 0 aliphatic heterocycles. The lowest BCUT2D eigenvalue weighted by atomic mass is 10.1. The molecule has 0 N–H and O–H groups in total. The maximum absolute atomic E-state index is 8.57. The van der Waals surface area contributed by atoms with Crippen LogP contribution in [0.25, 0.3) is 0 Å². The molecule has 13 heavy (non-hydrogen) atoms. The van der Waals surface area contributed by atoms with Crippen molar-refractivity contribution in [3.05, 3.63) is 35.9 Å². The molecule has 0 unspecified atom stereocenters. The summed E-state index contributed by atoms with van der Waals surface area (Å²) in [5.41, 5.74) is 1.46. The fraction of sp³-hybridized carbons (Fsp3) is 0.364. The van der Waals surface area contributed by atoms with E-state index in [2.05, 4.69) is 48.9 Å². The molecule has 0 heterocycles. The third-order valence-electron chi connectivity index (χ3n) is 1.66. The summed E-state index contributed by atoms with van der Waals surface area (Å²) < 4.78 is 0. The summed E-state index contributed by atoms with van der Waals surface area (Å²) in [6.45, 7) is 2.23. The first-order chi connectivity index (χ1) is 6.35. The van der Waals surface area contributed by atoms with E-state index in [9.17, 15) is 0 Å². The van der Waals surface area contributed by atoms with Gasteiger partial charge in [0, 0.05) is 0 Å². The molecule has 0 spiro atoms. The Morgan fingerprint density at radius 2 is 1.85 bits per heavy atom. The number of hydrogen-bond donors (Lipinski definition) is 0. The van der Waals surface area contributed by atoms with Gasteiger partial charge >= 0.3 is 0 Å². The minimum absolute atomic E-state index is 0.222. The number of rotatable bonds is 3. The van der Waals surface area contributed by atoms with Crippen LogP contribution in [0.15, 0.2) is 30.3 Å². The highest BCUT2D eigenvalue weighted by Crippen LogP contribution is 2.03. The Balaban J connectivity index is 0.000000424. The highest BCUT2D eigenvalue weighted by atomic mass is 35.5. The molecule has 0 radical (unpaired) electrons. The number of halogens is 1. The number of carbonyl (C=O) groups is 1. The fourth-order valence-electron chi connectivity index (χ4n) is 1.03. The van der Waals surface area contributed by atoms with E-state index in [0.29, 0.717) is 0 Å². The van der Waals surface area contributed by atoms with E-state index < -0.39 is 0 Å². The lowest BCUT2D eigenvalue weighted by Crippen LogP contribution is -1.81. The van der Waals surface area contributed by atoms with E-state index in [0.717, 1.165) is 0 Å². The first-order valence-corrected chi connectivity index (χ1v) is 4.86. The minimum atomic E-state index is 0.222. The molecular weight excluding hydrogens is 184 g/mol. The summed E-state index contributed by atoms with van der Waals surface area (Å²) in [5.74, 6) is 0.222. The predicted molar refractivity (Wildman–Crippen MR) is 57.7 cm³/mol. The first-order valence-electron chi connectivity index (χ1n) is 4.43. The average Bonchev–Trinajstić information content (AvgIpc) is 2.18. The van der Waals surface area contributed by atoms with E-state index >= 15 is 0 Å². The summed E-state index contributed by atoms with van der Waals surface area (Å²) in [5, 5.41) is 0. The standard InChI is InChI=1S/C10H14.CHClO/c1-2-3-7-10-8-5-4-6-9-10;2-1-3/h4-6,8-9H,2-3,7H2,1H3;1H. The Morgan fingerprint density at radius 1 is 1.31 bits per heavy atom. The van der Waals surface area contributed by atoms with Crippen LogP contribution in [0, 0.1) is 0 Å². The van der Waals surface area contributed by atoms with E-state index in [1.807, 2.05) is 0 Å². The van der Waals surface area contributed by atoms with Crippen molar-refractivity contribution in [2.75, 3.05) is 0 Å². The van der Waals surface area contributed by atoms with Crippen LogP contribution >= 0.6 is 11.6 Å². The molecule has 1 aromatic rings. The Labute approximate surface area is 84.7 Å². The summed E-state index contributed by atoms with van der Waals surface area (Å²) in [4.78, 5) is 8.57. The summed E-state index contributed by atoms with van der Waals surface area (Å²) in [7, 11) is 0. The molecule has 0 saturated carbocycles. The van der Waals surface area contributed by atoms with Gasteiger partial charge in [0.25, 0.3) is 0 Å². The number of unbranched alkanes of at least 4 members (excludes halogenated alkanes) is 1. The number of benzene rings is 1. The summed E-state index contributed by atoms with van der Waals surface area (Å²) in [6.07, 6.45) is 3.83. The molecule has 1 aromatic carbocycles. The molecule has 0 aromatic heterocycles. The van der Waals surface area contributed by atoms with Gasteiger partial charge in [-0.05, 0) is 30.0 Å². The van der Waals surface area contributed by atoms with Crippen molar-refractivity contribution in [2.24, 2.45) is 0 Å². The van der Waals surface area contributed by atoms with Crippen LogP contribution in [0.4, 0.5) is 0 Å². The molecule has 0 fully saturated rings. The molecule has 0 aliphatic carbocycles. The Bertz CT molecular complexity index is 209. The van der Waals surface area contributed by atoms with Crippen LogP contribution < -0.4 is 0 Å². The van der Waals surface area contributed by atoms with Gasteiger partial charge in [0.15, 0.2) is 0 Å². The van der Waals surface area contributed by atoms with Gasteiger partial charge in [0.1, 0.15) is 0 Å². The second-order valence-electron chi connectivity index (χ2n) is 2.68. The van der Waals surface area contributed by atoms with Crippen molar-refractivity contribution >= 4 is 17.3 Å². The quantitative estimate of drug-likeness (QED) is 0.537. The Morgan fingerprint density at radius 3 is 2.31 bits per heavy atom. The third-order valence-corrected chi connectivity index (χ3v) is 1.66. The van der Waals surface area contributed by atoms with Crippen LogP contribution in [-0.4, -0.2) is 5.75 Å². The monoisotopic (exact) mass is 198 g/mol. The van der Waals surface area contributed by atoms with Crippen molar-refractivity contribution in [1.29, 1.82) is 0 Å². The Kier molecular flexibility index (Phi) is 8.68. The normalized spacial score (nSPS) is 8.46. The van der Waals surface area contributed by atoms with Crippen molar-refractivity contribution in [1.82, 2.24) is 0 Å². The zero-order chi connectivity index (χ0) is 9.94. The molecule has 1 nitrogen and oxygen atoms in total. The molecule has 2 heteroatoms. The molecule has 0 aliphatic rings. The van der Waals surface area contributed by atoms with Crippen LogP contribution in [0.1, 0.15) is 25.3 Å². The third kappa shape index (κ3) is 7.54. The molecule has 0 amide bonds. The van der Waals surface area contributed by atoms with Crippen LogP contribution in [0.2, 0.25) is 0 Å². The molecule has 0 bridgehead atoms. The molecular formula is C11H15ClO. The number of hydrogen-bond acceptors (Lipinski definition) is 1. The van der Waals surface area contributed by atoms with Crippen LogP contribution in [0.5, 0.6) is 0 Å². The zero-order valence-electron chi connectivity index (χ0n) is 7.87.